The highest BCUT2D eigenvalue weighted by Gasteiger charge is 2.32. The summed E-state index contributed by atoms with van der Waals surface area (Å²) in [6.45, 7) is 0.116. The molecule has 158 valence electrons. The molecule has 0 saturated carbocycles. The third-order valence-electron chi connectivity index (χ3n) is 3.91. The lowest BCUT2D eigenvalue weighted by Gasteiger charge is -2.27. The molecule has 0 saturated heterocycles. The number of alkyl halides is 3. The van der Waals surface area contributed by atoms with Crippen LogP contribution in [0.5, 0.6) is 11.5 Å². The first-order chi connectivity index (χ1) is 13.7. The van der Waals surface area contributed by atoms with Gasteiger partial charge in [0.1, 0.15) is 5.69 Å². The lowest BCUT2D eigenvalue weighted by atomic mass is 10.1. The van der Waals surface area contributed by atoms with Crippen LogP contribution in [0.25, 0.3) is 0 Å². The van der Waals surface area contributed by atoms with E-state index in [0.717, 1.165) is 6.07 Å². The Balaban J connectivity index is 2.48. The first kappa shape index (κ1) is 22.9. The molecule has 1 unspecified atom stereocenters. The predicted octanol–water partition coefficient (Wildman–Crippen LogP) is 3.91. The lowest BCUT2D eigenvalue weighted by Crippen LogP contribution is -2.37. The number of carbonyl (C=O) groups is 2. The smallest absolute Gasteiger partial charge is 0.387 e. The Morgan fingerprint density at radius 1 is 1.48 bits per heavy atom. The van der Waals surface area contributed by atoms with E-state index in [1.54, 1.807) is 6.92 Å². The molecule has 1 heterocycles. The quantitative estimate of drug-likeness (QED) is 0.487. The number of aliphatic imine (C=N–C) groups is 1. The van der Waals surface area contributed by atoms with Crippen molar-refractivity contribution in [3.05, 3.63) is 28.4 Å². The molecule has 2 amide bonds. The van der Waals surface area contributed by atoms with Crippen LogP contribution in [0.4, 0.5) is 14.5 Å². The molecule has 0 fully saturated rings. The summed E-state index contributed by atoms with van der Waals surface area (Å²) in [5.41, 5.74) is 0.0766. The van der Waals surface area contributed by atoms with Crippen molar-refractivity contribution in [2.24, 2.45) is 4.99 Å². The van der Waals surface area contributed by atoms with Gasteiger partial charge in [0.2, 0.25) is 0 Å². The minimum atomic E-state index is -3.11. The van der Waals surface area contributed by atoms with Crippen LogP contribution in [0.2, 0.25) is 0 Å². The maximum Gasteiger partial charge on any atom is 0.387 e. The minimum Gasteiger partial charge on any atom is -0.475 e. The van der Waals surface area contributed by atoms with Crippen LogP contribution in [-0.4, -0.2) is 43.2 Å². The normalized spacial score (nSPS) is 17.9. The summed E-state index contributed by atoms with van der Waals surface area (Å²) in [5, 5.41) is 4.59. The number of rotatable bonds is 7. The van der Waals surface area contributed by atoms with E-state index < -0.39 is 29.9 Å². The van der Waals surface area contributed by atoms with Crippen LogP contribution in [0.3, 0.4) is 0 Å². The van der Waals surface area contributed by atoms with Crippen molar-refractivity contribution in [2.45, 2.75) is 38.4 Å². The number of anilines is 1. The van der Waals surface area contributed by atoms with Gasteiger partial charge in [0, 0.05) is 13.3 Å². The van der Waals surface area contributed by atoms with Crippen molar-refractivity contribution in [2.75, 3.05) is 12.4 Å². The molecule has 29 heavy (non-hydrogen) atoms. The maximum atomic E-state index is 12.9. The number of halogens is 4. The predicted molar refractivity (Wildman–Crippen MR) is 106 cm³/mol. The van der Waals surface area contributed by atoms with E-state index in [9.17, 15) is 18.4 Å². The minimum absolute atomic E-state index is 0.0442. The summed E-state index contributed by atoms with van der Waals surface area (Å²) in [5.74, 6) is -1.71. The first-order valence-corrected chi connectivity index (χ1v) is 9.37. The zero-order valence-electron chi connectivity index (χ0n) is 15.8. The molecule has 0 bridgehead atoms. The number of hydrogen-bond donors (Lipinski definition) is 2. The molecule has 2 atom stereocenters. The highest BCUT2D eigenvalue weighted by atomic mass is 35.5. The van der Waals surface area contributed by atoms with Gasteiger partial charge in [-0.05, 0) is 25.5 Å². The van der Waals surface area contributed by atoms with E-state index in [0.29, 0.717) is 6.42 Å². The van der Waals surface area contributed by atoms with Gasteiger partial charge in [-0.3, -0.25) is 14.6 Å². The number of ether oxygens (including phenoxy) is 2. The molecule has 1 aliphatic heterocycles. The molecule has 11 heteroatoms. The van der Waals surface area contributed by atoms with Gasteiger partial charge < -0.3 is 20.1 Å². The number of nitrogens with one attached hydrogen (secondary N) is 2. The van der Waals surface area contributed by atoms with Crippen molar-refractivity contribution in [1.82, 2.24) is 5.32 Å². The van der Waals surface area contributed by atoms with E-state index >= 15 is 0 Å². The van der Waals surface area contributed by atoms with Gasteiger partial charge in [0.25, 0.3) is 11.8 Å². The average molecular weight is 450 g/mol. The molecule has 0 aromatic heterocycles. The van der Waals surface area contributed by atoms with Gasteiger partial charge >= 0.3 is 6.61 Å². The Labute approximate surface area is 176 Å². The van der Waals surface area contributed by atoms with Gasteiger partial charge in [0.15, 0.2) is 17.6 Å². The van der Waals surface area contributed by atoms with Crippen LogP contribution in [0.1, 0.15) is 30.6 Å². The second-order valence-corrected chi connectivity index (χ2v) is 6.86. The van der Waals surface area contributed by atoms with E-state index in [1.165, 1.54) is 26.3 Å². The largest absolute Gasteiger partial charge is 0.475 e. The summed E-state index contributed by atoms with van der Waals surface area (Å²) in [6.07, 6.45) is 0.824. The monoisotopic (exact) mass is 449 g/mol. The van der Waals surface area contributed by atoms with Crippen LogP contribution >= 0.6 is 23.2 Å². The summed E-state index contributed by atoms with van der Waals surface area (Å²) in [6, 6.07) is 2.38. The van der Waals surface area contributed by atoms with Crippen molar-refractivity contribution in [3.63, 3.8) is 0 Å². The van der Waals surface area contributed by atoms with E-state index in [-0.39, 0.29) is 33.5 Å². The SMILES string of the molecule is CC[C@@H](Cl)/C(NC(=O)c1ccc(OC(F)F)c2c1NC(=O)C(C)O2)=C(Cl)\C=N/C. The molecule has 2 N–H and O–H groups in total. The van der Waals surface area contributed by atoms with Crippen molar-refractivity contribution < 1.29 is 27.8 Å². The number of allylic oxidation sites excluding steroid dienone is 2. The van der Waals surface area contributed by atoms with Gasteiger partial charge in [-0.25, -0.2) is 0 Å². The third-order valence-corrected chi connectivity index (χ3v) is 4.74. The second kappa shape index (κ2) is 9.89. The summed E-state index contributed by atoms with van der Waals surface area (Å²) < 4.78 is 35.2. The van der Waals surface area contributed by atoms with E-state index in [2.05, 4.69) is 20.4 Å². The molecule has 1 aromatic carbocycles. The summed E-state index contributed by atoms with van der Waals surface area (Å²) in [4.78, 5) is 28.7. The molecular weight excluding hydrogens is 431 g/mol. The number of amides is 2. The number of fused-ring (bicyclic) bond motifs is 1. The standard InChI is InChI=1S/C18H19Cl2F2N3O4/c1-4-10(19)14(11(20)7-23-3)25-17(27)9-5-6-12(29-18(21)22)15-13(9)24-16(26)8(2)28-15/h5-8,10,18H,4H2,1-3H3,(H,24,26)(H,25,27)/b14-11-,23-7-/t8?,10-/m1/s1. The zero-order valence-corrected chi connectivity index (χ0v) is 17.3. The fraction of sp³-hybridized carbons (Fsp3) is 0.389. The Kier molecular flexibility index (Phi) is 7.80. The Morgan fingerprint density at radius 2 is 2.17 bits per heavy atom. The van der Waals surface area contributed by atoms with E-state index in [4.69, 9.17) is 27.9 Å². The molecule has 2 rings (SSSR count). The van der Waals surface area contributed by atoms with Crippen LogP contribution < -0.4 is 20.1 Å². The van der Waals surface area contributed by atoms with Gasteiger partial charge in [-0.15, -0.1) is 11.6 Å². The van der Waals surface area contributed by atoms with E-state index in [1.807, 2.05) is 0 Å². The van der Waals surface area contributed by atoms with Gasteiger partial charge in [-0.2, -0.15) is 8.78 Å². The van der Waals surface area contributed by atoms with Crippen LogP contribution in [-0.2, 0) is 4.79 Å². The molecule has 0 spiro atoms. The van der Waals surface area contributed by atoms with Crippen molar-refractivity contribution in [3.8, 4) is 11.5 Å². The van der Waals surface area contributed by atoms with Crippen molar-refractivity contribution >= 4 is 46.9 Å². The number of nitrogens with zero attached hydrogens (tertiary/aromatic N) is 1. The van der Waals surface area contributed by atoms with Gasteiger partial charge in [-0.1, -0.05) is 18.5 Å². The van der Waals surface area contributed by atoms with Crippen LogP contribution in [0.15, 0.2) is 27.9 Å². The Hall–Kier alpha value is -2.39. The lowest BCUT2D eigenvalue weighted by molar-refractivity contribution is -0.122. The summed E-state index contributed by atoms with van der Waals surface area (Å²) in [7, 11) is 1.50. The first-order valence-electron chi connectivity index (χ1n) is 8.56. The number of carbonyl (C=O) groups excluding carboxylic acids is 2. The van der Waals surface area contributed by atoms with Crippen molar-refractivity contribution in [1.29, 1.82) is 0 Å². The maximum absolute atomic E-state index is 12.9. The van der Waals surface area contributed by atoms with Gasteiger partial charge in [0.05, 0.1) is 21.7 Å². The van der Waals surface area contributed by atoms with Crippen LogP contribution in [0, 0.1) is 0 Å². The molecule has 7 nitrogen and oxygen atoms in total. The Morgan fingerprint density at radius 3 is 2.76 bits per heavy atom. The molecule has 0 radical (unpaired) electrons. The highest BCUT2D eigenvalue weighted by molar-refractivity contribution is 6.40. The fourth-order valence-electron chi connectivity index (χ4n) is 2.50. The number of benzene rings is 1. The number of hydrogen-bond acceptors (Lipinski definition) is 5. The molecular formula is C18H19Cl2F2N3O4. The zero-order chi connectivity index (χ0) is 21.7. The topological polar surface area (TPSA) is 89.0 Å². The average Bonchev–Trinajstić information content (AvgIpc) is 2.66. The summed E-state index contributed by atoms with van der Waals surface area (Å²) >= 11 is 12.4. The second-order valence-electron chi connectivity index (χ2n) is 5.92. The Bertz CT molecular complexity index is 862. The third kappa shape index (κ3) is 5.36. The highest BCUT2D eigenvalue weighted by Crippen LogP contribution is 2.42. The molecule has 1 aromatic rings. The molecule has 1 aliphatic rings. The fourth-order valence-corrected chi connectivity index (χ4v) is 3.01. The molecule has 0 aliphatic carbocycles.